The van der Waals surface area contributed by atoms with Crippen molar-refractivity contribution in [3.8, 4) is 23.0 Å². The van der Waals surface area contributed by atoms with Crippen molar-refractivity contribution in [2.75, 3.05) is 46.2 Å². The monoisotopic (exact) mass is 596 g/mol. The van der Waals surface area contributed by atoms with E-state index >= 15 is 0 Å². The topological polar surface area (TPSA) is 138 Å². The van der Waals surface area contributed by atoms with Crippen molar-refractivity contribution in [2.45, 2.75) is 46.5 Å². The maximum Gasteiger partial charge on any atom is 0.303 e. The summed E-state index contributed by atoms with van der Waals surface area (Å²) in [4.78, 5) is 34.9. The number of benzene rings is 3. The Bertz CT molecular complexity index is 1400. The first-order valence-electron chi connectivity index (χ1n) is 14.4. The average molecular weight is 597 g/mol. The molecule has 0 heterocycles. The Morgan fingerprint density at radius 2 is 1.37 bits per heavy atom. The van der Waals surface area contributed by atoms with Gasteiger partial charge < -0.3 is 33.9 Å². The molecule has 0 spiro atoms. The van der Waals surface area contributed by atoms with Gasteiger partial charge in [0.05, 0.1) is 44.2 Å². The van der Waals surface area contributed by atoms with Crippen molar-refractivity contribution in [1.82, 2.24) is 0 Å². The molecule has 0 saturated carbocycles. The lowest BCUT2D eigenvalue weighted by Crippen LogP contribution is -2.14. The van der Waals surface area contributed by atoms with Crippen LogP contribution in [0.3, 0.4) is 0 Å². The molecular formula is C33H40O10. The Morgan fingerprint density at radius 3 is 2.00 bits per heavy atom. The Labute approximate surface area is 251 Å². The first kappa shape index (κ1) is 33.4. The standard InChI is InChI=1S/C33H40O10/c1-4-6-27-29(13-11-26(22(2)34)33(27)38)42-19-17-39-15-16-40-18-20-43-30-12-9-24-8-10-25(41-14-5-7-31(36)37)21-28(24)32(30)23(3)35/h8-13,21,38H,4-7,14-20H2,1-3H3,(H,36,37). The van der Waals surface area contributed by atoms with Crippen LogP contribution in [0.1, 0.15) is 66.3 Å². The molecule has 2 N–H and O–H groups in total. The number of fused-ring (bicyclic) bond motifs is 1. The maximum atomic E-state index is 12.5. The molecule has 10 heteroatoms. The van der Waals surface area contributed by atoms with Gasteiger partial charge >= 0.3 is 5.97 Å². The van der Waals surface area contributed by atoms with Crippen molar-refractivity contribution >= 4 is 28.3 Å². The molecule has 0 aromatic heterocycles. The molecule has 0 radical (unpaired) electrons. The minimum atomic E-state index is -0.873. The SMILES string of the molecule is CCCc1c(OCCOCCOCCOc2ccc3ccc(OCCCC(=O)O)cc3c2C(C)=O)ccc(C(C)=O)c1O. The quantitative estimate of drug-likeness (QED) is 0.125. The van der Waals surface area contributed by atoms with E-state index in [0.29, 0.717) is 73.0 Å². The number of carbonyl (C=O) groups is 3. The highest BCUT2D eigenvalue weighted by Crippen LogP contribution is 2.33. The number of carboxylic acids is 1. The molecule has 0 unspecified atom stereocenters. The van der Waals surface area contributed by atoms with E-state index in [2.05, 4.69) is 0 Å². The van der Waals surface area contributed by atoms with E-state index < -0.39 is 5.97 Å². The fraction of sp³-hybridized carbons (Fsp3) is 0.424. The number of aliphatic carboxylic acids is 1. The lowest BCUT2D eigenvalue weighted by atomic mass is 10.0. The molecule has 0 amide bonds. The molecule has 232 valence electrons. The number of hydrogen-bond donors (Lipinski definition) is 2. The number of carboxylic acid groups (broad SMARTS) is 1. The second-order valence-electron chi connectivity index (χ2n) is 9.89. The molecule has 0 bridgehead atoms. The minimum Gasteiger partial charge on any atom is -0.507 e. The Morgan fingerprint density at radius 1 is 0.744 bits per heavy atom. The average Bonchev–Trinajstić information content (AvgIpc) is 2.97. The third-order valence-electron chi connectivity index (χ3n) is 6.57. The largest absolute Gasteiger partial charge is 0.507 e. The predicted octanol–water partition coefficient (Wildman–Crippen LogP) is 5.64. The summed E-state index contributed by atoms with van der Waals surface area (Å²) in [6.45, 7) is 6.98. The molecule has 0 aliphatic carbocycles. The number of rotatable bonds is 20. The highest BCUT2D eigenvalue weighted by atomic mass is 16.6. The summed E-state index contributed by atoms with van der Waals surface area (Å²) in [6, 6.07) is 12.3. The zero-order chi connectivity index (χ0) is 31.2. The van der Waals surface area contributed by atoms with Gasteiger partial charge in [-0.2, -0.15) is 0 Å². The highest BCUT2D eigenvalue weighted by molar-refractivity contribution is 6.09. The van der Waals surface area contributed by atoms with Crippen LogP contribution < -0.4 is 14.2 Å². The normalized spacial score (nSPS) is 11.0. The smallest absolute Gasteiger partial charge is 0.303 e. The number of phenolic OH excluding ortho intramolecular Hbond substituents is 1. The van der Waals surface area contributed by atoms with Crippen LogP contribution in [0, 0.1) is 0 Å². The predicted molar refractivity (Wildman–Crippen MR) is 161 cm³/mol. The highest BCUT2D eigenvalue weighted by Gasteiger charge is 2.16. The first-order chi connectivity index (χ1) is 20.7. The van der Waals surface area contributed by atoms with Crippen LogP contribution >= 0.6 is 0 Å². The summed E-state index contributed by atoms with van der Waals surface area (Å²) in [5.74, 6) is 0.306. The Hall–Kier alpha value is -4.15. The molecule has 0 fully saturated rings. The van der Waals surface area contributed by atoms with Crippen molar-refractivity contribution in [3.63, 3.8) is 0 Å². The molecule has 3 rings (SSSR count). The molecule has 0 saturated heterocycles. The van der Waals surface area contributed by atoms with Gasteiger partial charge in [0.15, 0.2) is 11.6 Å². The van der Waals surface area contributed by atoms with E-state index in [1.807, 2.05) is 19.1 Å². The molecule has 43 heavy (non-hydrogen) atoms. The number of aromatic hydroxyl groups is 1. The van der Waals surface area contributed by atoms with Crippen molar-refractivity contribution < 1.29 is 48.3 Å². The summed E-state index contributed by atoms with van der Waals surface area (Å²) < 4.78 is 28.5. The van der Waals surface area contributed by atoms with Gasteiger partial charge in [-0.05, 0) is 67.8 Å². The van der Waals surface area contributed by atoms with Crippen LogP contribution in [0.5, 0.6) is 23.0 Å². The van der Waals surface area contributed by atoms with Crippen LogP contribution in [0.15, 0.2) is 42.5 Å². The number of Topliss-reactive ketones (excluding diaryl/α,β-unsaturated/α-hetero) is 2. The maximum absolute atomic E-state index is 12.5. The van der Waals surface area contributed by atoms with E-state index in [4.69, 9.17) is 28.8 Å². The van der Waals surface area contributed by atoms with Crippen LogP contribution in [0.2, 0.25) is 0 Å². The molecule has 10 nitrogen and oxygen atoms in total. The van der Waals surface area contributed by atoms with E-state index in [9.17, 15) is 19.5 Å². The lowest BCUT2D eigenvalue weighted by molar-refractivity contribution is -0.137. The second-order valence-corrected chi connectivity index (χ2v) is 9.89. The van der Waals surface area contributed by atoms with Crippen LogP contribution in [-0.4, -0.2) is 74.0 Å². The van der Waals surface area contributed by atoms with Gasteiger partial charge in [0.25, 0.3) is 0 Å². The van der Waals surface area contributed by atoms with E-state index in [1.54, 1.807) is 30.3 Å². The molecule has 0 aliphatic rings. The fourth-order valence-corrected chi connectivity index (χ4v) is 4.54. The summed E-state index contributed by atoms with van der Waals surface area (Å²) >= 11 is 0. The van der Waals surface area contributed by atoms with Gasteiger partial charge in [0, 0.05) is 12.0 Å². The van der Waals surface area contributed by atoms with Crippen LogP contribution in [0.4, 0.5) is 0 Å². The molecule has 3 aromatic rings. The molecule has 0 aliphatic heterocycles. The van der Waals surface area contributed by atoms with Crippen LogP contribution in [-0.2, 0) is 20.7 Å². The summed E-state index contributed by atoms with van der Waals surface area (Å²) in [7, 11) is 0. The molecule has 0 atom stereocenters. The Kier molecular flexibility index (Phi) is 13.3. The summed E-state index contributed by atoms with van der Waals surface area (Å²) in [6.07, 6.45) is 1.81. The Balaban J connectivity index is 1.41. The summed E-state index contributed by atoms with van der Waals surface area (Å²) in [5.41, 5.74) is 1.36. The minimum absolute atomic E-state index is 0.0220. The third-order valence-corrected chi connectivity index (χ3v) is 6.57. The molecular weight excluding hydrogens is 556 g/mol. The zero-order valence-electron chi connectivity index (χ0n) is 25.0. The zero-order valence-corrected chi connectivity index (χ0v) is 25.0. The van der Waals surface area contributed by atoms with Gasteiger partial charge in [-0.3, -0.25) is 14.4 Å². The third kappa shape index (κ3) is 9.97. The molecule has 3 aromatic carbocycles. The van der Waals surface area contributed by atoms with Gasteiger partial charge in [0.1, 0.15) is 36.2 Å². The van der Waals surface area contributed by atoms with Gasteiger partial charge in [0.2, 0.25) is 0 Å². The fourth-order valence-electron chi connectivity index (χ4n) is 4.54. The number of ketones is 2. The van der Waals surface area contributed by atoms with Gasteiger partial charge in [-0.15, -0.1) is 0 Å². The lowest BCUT2D eigenvalue weighted by Gasteiger charge is -2.15. The van der Waals surface area contributed by atoms with E-state index in [1.165, 1.54) is 13.8 Å². The van der Waals surface area contributed by atoms with Gasteiger partial charge in [-0.25, -0.2) is 0 Å². The number of ether oxygens (including phenoxy) is 5. The van der Waals surface area contributed by atoms with Crippen molar-refractivity contribution in [3.05, 3.63) is 59.2 Å². The second kappa shape index (κ2) is 17.1. The number of phenols is 1. The van der Waals surface area contributed by atoms with Crippen molar-refractivity contribution in [2.24, 2.45) is 0 Å². The van der Waals surface area contributed by atoms with Crippen LogP contribution in [0.25, 0.3) is 10.8 Å². The number of carbonyl (C=O) groups excluding carboxylic acids is 2. The van der Waals surface area contributed by atoms with Gasteiger partial charge in [-0.1, -0.05) is 25.5 Å². The first-order valence-corrected chi connectivity index (χ1v) is 14.4. The number of hydrogen-bond acceptors (Lipinski definition) is 9. The van der Waals surface area contributed by atoms with Crippen molar-refractivity contribution in [1.29, 1.82) is 0 Å². The van der Waals surface area contributed by atoms with E-state index in [-0.39, 0.29) is 49.1 Å². The van der Waals surface area contributed by atoms with E-state index in [0.717, 1.165) is 11.8 Å². The summed E-state index contributed by atoms with van der Waals surface area (Å²) in [5, 5.41) is 20.8.